The van der Waals surface area contributed by atoms with Crippen LogP contribution in [-0.4, -0.2) is 73.0 Å². The first kappa shape index (κ1) is 16.9. The molecule has 0 saturated carbocycles. The molecule has 6 heteroatoms. The molecule has 0 aliphatic carbocycles. The van der Waals surface area contributed by atoms with Gasteiger partial charge in [0.2, 0.25) is 0 Å². The summed E-state index contributed by atoms with van der Waals surface area (Å²) in [6, 6.07) is 1.06. The molecule has 2 aliphatic rings. The Bertz CT molecular complexity index is 473. The average Bonchev–Trinajstić information content (AvgIpc) is 3.16. The predicted molar refractivity (Wildman–Crippen MR) is 87.5 cm³/mol. The van der Waals surface area contributed by atoms with E-state index in [1.807, 2.05) is 17.9 Å². The highest BCUT2D eigenvalue weighted by Crippen LogP contribution is 2.29. The first-order valence-corrected chi connectivity index (χ1v) is 8.69. The molecule has 0 bridgehead atoms. The third kappa shape index (κ3) is 4.32. The van der Waals surface area contributed by atoms with Crippen molar-refractivity contribution in [1.82, 2.24) is 14.7 Å². The van der Waals surface area contributed by atoms with E-state index in [1.54, 1.807) is 7.11 Å². The van der Waals surface area contributed by atoms with Gasteiger partial charge in [-0.3, -0.25) is 9.58 Å². The SMILES string of the molecule is COCCO[C@@H]1CCN(C2CCOCC2)[C@H]1Cc1cnn(C)c1. The fraction of sp³-hybridized carbons (Fsp3) is 0.824. The average molecular weight is 323 g/mol. The van der Waals surface area contributed by atoms with Crippen LogP contribution >= 0.6 is 0 Å². The van der Waals surface area contributed by atoms with Gasteiger partial charge in [-0.15, -0.1) is 0 Å². The Hall–Kier alpha value is -0.950. The lowest BCUT2D eigenvalue weighted by molar-refractivity contribution is -0.0194. The van der Waals surface area contributed by atoms with Gasteiger partial charge in [-0.05, 0) is 31.2 Å². The zero-order valence-electron chi connectivity index (χ0n) is 14.3. The number of hydrogen-bond donors (Lipinski definition) is 0. The van der Waals surface area contributed by atoms with E-state index in [2.05, 4.69) is 16.2 Å². The van der Waals surface area contributed by atoms with Gasteiger partial charge in [-0.1, -0.05) is 0 Å². The number of hydrogen-bond acceptors (Lipinski definition) is 5. The summed E-state index contributed by atoms with van der Waals surface area (Å²) in [5.41, 5.74) is 1.29. The Morgan fingerprint density at radius 3 is 2.78 bits per heavy atom. The van der Waals surface area contributed by atoms with Gasteiger partial charge in [0.25, 0.3) is 0 Å². The maximum absolute atomic E-state index is 6.13. The number of nitrogens with zero attached hydrogens (tertiary/aromatic N) is 3. The van der Waals surface area contributed by atoms with Crippen molar-refractivity contribution in [2.45, 2.75) is 43.9 Å². The van der Waals surface area contributed by atoms with Gasteiger partial charge < -0.3 is 14.2 Å². The molecule has 2 atom stereocenters. The second kappa shape index (κ2) is 8.24. The molecule has 3 rings (SSSR count). The minimum absolute atomic E-state index is 0.285. The molecular formula is C17H29N3O3. The number of methoxy groups -OCH3 is 1. The molecule has 130 valence electrons. The van der Waals surface area contributed by atoms with E-state index in [4.69, 9.17) is 14.2 Å². The topological polar surface area (TPSA) is 48.8 Å². The van der Waals surface area contributed by atoms with Crippen molar-refractivity contribution >= 4 is 0 Å². The first-order chi connectivity index (χ1) is 11.3. The van der Waals surface area contributed by atoms with Gasteiger partial charge in [0.05, 0.1) is 25.5 Å². The van der Waals surface area contributed by atoms with Crippen LogP contribution in [0.3, 0.4) is 0 Å². The van der Waals surface area contributed by atoms with E-state index in [0.29, 0.717) is 25.3 Å². The normalized spacial score (nSPS) is 26.9. The van der Waals surface area contributed by atoms with Crippen LogP contribution in [-0.2, 0) is 27.7 Å². The highest BCUT2D eigenvalue weighted by molar-refractivity contribution is 5.09. The fourth-order valence-electron chi connectivity index (χ4n) is 3.86. The Kier molecular flexibility index (Phi) is 6.05. The van der Waals surface area contributed by atoms with Crippen LogP contribution in [0.5, 0.6) is 0 Å². The van der Waals surface area contributed by atoms with Crippen molar-refractivity contribution < 1.29 is 14.2 Å². The predicted octanol–water partition coefficient (Wildman–Crippen LogP) is 1.25. The van der Waals surface area contributed by atoms with Crippen LogP contribution in [0.15, 0.2) is 12.4 Å². The zero-order chi connectivity index (χ0) is 16.1. The molecule has 0 spiro atoms. The van der Waals surface area contributed by atoms with E-state index in [9.17, 15) is 0 Å². The fourth-order valence-corrected chi connectivity index (χ4v) is 3.86. The molecular weight excluding hydrogens is 294 g/mol. The molecule has 23 heavy (non-hydrogen) atoms. The van der Waals surface area contributed by atoms with Gasteiger partial charge in [0.15, 0.2) is 0 Å². The van der Waals surface area contributed by atoms with Crippen LogP contribution in [0.1, 0.15) is 24.8 Å². The number of aryl methyl sites for hydroxylation is 1. The molecule has 0 amide bonds. The third-order valence-electron chi connectivity index (χ3n) is 5.01. The van der Waals surface area contributed by atoms with Crippen LogP contribution < -0.4 is 0 Å². The summed E-state index contributed by atoms with van der Waals surface area (Å²) in [5.74, 6) is 0. The van der Waals surface area contributed by atoms with Crippen LogP contribution in [0.4, 0.5) is 0 Å². The summed E-state index contributed by atoms with van der Waals surface area (Å²) in [6.45, 7) is 4.22. The Morgan fingerprint density at radius 2 is 2.09 bits per heavy atom. The molecule has 6 nitrogen and oxygen atoms in total. The number of aromatic nitrogens is 2. The summed E-state index contributed by atoms with van der Waals surface area (Å²) in [6.07, 6.45) is 8.75. The molecule has 1 aromatic rings. The van der Waals surface area contributed by atoms with E-state index in [-0.39, 0.29) is 6.10 Å². The van der Waals surface area contributed by atoms with Crippen LogP contribution in [0.25, 0.3) is 0 Å². The number of ether oxygens (including phenoxy) is 3. The molecule has 3 heterocycles. The quantitative estimate of drug-likeness (QED) is 0.707. The lowest BCUT2D eigenvalue weighted by Crippen LogP contribution is -2.46. The second-order valence-electron chi connectivity index (χ2n) is 6.57. The minimum Gasteiger partial charge on any atom is -0.382 e. The van der Waals surface area contributed by atoms with Crippen LogP contribution in [0.2, 0.25) is 0 Å². The number of rotatable bonds is 7. The van der Waals surface area contributed by atoms with Crippen molar-refractivity contribution in [2.24, 2.45) is 7.05 Å². The minimum atomic E-state index is 0.285. The zero-order valence-corrected chi connectivity index (χ0v) is 14.3. The lowest BCUT2D eigenvalue weighted by Gasteiger charge is -2.36. The number of likely N-dealkylation sites (tertiary alicyclic amines) is 1. The molecule has 0 radical (unpaired) electrons. The van der Waals surface area contributed by atoms with Crippen molar-refractivity contribution in [3.63, 3.8) is 0 Å². The Labute approximate surface area is 138 Å². The molecule has 0 aromatic carbocycles. The largest absolute Gasteiger partial charge is 0.382 e. The molecule has 0 N–H and O–H groups in total. The van der Waals surface area contributed by atoms with Gasteiger partial charge >= 0.3 is 0 Å². The van der Waals surface area contributed by atoms with Crippen LogP contribution in [0, 0.1) is 0 Å². The second-order valence-corrected chi connectivity index (χ2v) is 6.57. The standard InChI is InChI=1S/C17H29N3O3/c1-19-13-14(12-18-19)11-16-17(23-10-9-21-2)3-6-20(16)15-4-7-22-8-5-15/h12-13,15-17H,3-11H2,1-2H3/t16-,17+/m0/s1. The summed E-state index contributed by atoms with van der Waals surface area (Å²) in [4.78, 5) is 2.66. The van der Waals surface area contributed by atoms with Crippen molar-refractivity contribution in [2.75, 3.05) is 40.1 Å². The monoisotopic (exact) mass is 323 g/mol. The van der Waals surface area contributed by atoms with Crippen molar-refractivity contribution in [1.29, 1.82) is 0 Å². The Balaban J connectivity index is 1.67. The molecule has 0 unspecified atom stereocenters. The van der Waals surface area contributed by atoms with Crippen molar-refractivity contribution in [3.05, 3.63) is 18.0 Å². The highest BCUT2D eigenvalue weighted by Gasteiger charge is 2.39. The molecule has 2 saturated heterocycles. The van der Waals surface area contributed by atoms with E-state index in [0.717, 1.165) is 45.4 Å². The molecule has 2 fully saturated rings. The van der Waals surface area contributed by atoms with Gasteiger partial charge in [-0.2, -0.15) is 5.10 Å². The Morgan fingerprint density at radius 1 is 1.26 bits per heavy atom. The lowest BCUT2D eigenvalue weighted by atomic mass is 10.0. The maximum Gasteiger partial charge on any atom is 0.0746 e. The summed E-state index contributed by atoms with van der Waals surface area (Å²) >= 11 is 0. The van der Waals surface area contributed by atoms with E-state index >= 15 is 0 Å². The van der Waals surface area contributed by atoms with Gasteiger partial charge in [-0.25, -0.2) is 0 Å². The smallest absolute Gasteiger partial charge is 0.0746 e. The summed E-state index contributed by atoms with van der Waals surface area (Å²) in [5, 5.41) is 4.31. The van der Waals surface area contributed by atoms with E-state index in [1.165, 1.54) is 5.56 Å². The first-order valence-electron chi connectivity index (χ1n) is 8.69. The van der Waals surface area contributed by atoms with Crippen molar-refractivity contribution in [3.8, 4) is 0 Å². The third-order valence-corrected chi connectivity index (χ3v) is 5.01. The molecule has 2 aliphatic heterocycles. The van der Waals surface area contributed by atoms with Gasteiger partial charge in [0.1, 0.15) is 0 Å². The molecule has 1 aromatic heterocycles. The summed E-state index contributed by atoms with van der Waals surface area (Å²) < 4.78 is 18.7. The van der Waals surface area contributed by atoms with E-state index < -0.39 is 0 Å². The maximum atomic E-state index is 6.13. The van der Waals surface area contributed by atoms with Gasteiger partial charge in [0, 0.05) is 52.2 Å². The highest BCUT2D eigenvalue weighted by atomic mass is 16.5. The summed E-state index contributed by atoms with van der Waals surface area (Å²) in [7, 11) is 3.69.